The van der Waals surface area contributed by atoms with Gasteiger partial charge in [0.05, 0.1) is 5.92 Å². The van der Waals surface area contributed by atoms with Crippen LogP contribution in [0.3, 0.4) is 0 Å². The van der Waals surface area contributed by atoms with Crippen LogP contribution in [0.1, 0.15) is 51.9 Å². The van der Waals surface area contributed by atoms with Gasteiger partial charge in [-0.1, -0.05) is 26.2 Å². The Morgan fingerprint density at radius 1 is 1.21 bits per heavy atom. The second-order valence-corrected chi connectivity index (χ2v) is 5.83. The molecule has 0 bridgehead atoms. The molecule has 0 spiro atoms. The summed E-state index contributed by atoms with van der Waals surface area (Å²) in [6.45, 7) is 5.37. The van der Waals surface area contributed by atoms with Crippen LogP contribution in [0.4, 0.5) is 0 Å². The average molecular weight is 266 g/mol. The number of likely N-dealkylation sites (tertiary alicyclic amines) is 2. The van der Waals surface area contributed by atoms with Gasteiger partial charge >= 0.3 is 0 Å². The summed E-state index contributed by atoms with van der Waals surface area (Å²) < 4.78 is 0. The molecule has 4 nitrogen and oxygen atoms in total. The molecule has 108 valence electrons. The van der Waals surface area contributed by atoms with E-state index in [1.54, 1.807) is 0 Å². The van der Waals surface area contributed by atoms with Crippen molar-refractivity contribution in [1.82, 2.24) is 9.80 Å². The van der Waals surface area contributed by atoms with Crippen molar-refractivity contribution >= 4 is 11.8 Å². The van der Waals surface area contributed by atoms with Crippen LogP contribution in [0.2, 0.25) is 0 Å². The van der Waals surface area contributed by atoms with Crippen LogP contribution in [0.5, 0.6) is 0 Å². The average Bonchev–Trinajstić information content (AvgIpc) is 2.64. The van der Waals surface area contributed by atoms with E-state index in [-0.39, 0.29) is 17.7 Å². The first-order chi connectivity index (χ1) is 9.22. The van der Waals surface area contributed by atoms with Crippen LogP contribution in [0.15, 0.2) is 0 Å². The Morgan fingerprint density at radius 2 is 1.89 bits per heavy atom. The van der Waals surface area contributed by atoms with Crippen molar-refractivity contribution in [2.45, 2.75) is 51.9 Å². The van der Waals surface area contributed by atoms with Crippen molar-refractivity contribution in [3.63, 3.8) is 0 Å². The summed E-state index contributed by atoms with van der Waals surface area (Å²) in [6, 6.07) is 0. The van der Waals surface area contributed by atoms with Gasteiger partial charge in [0.25, 0.3) is 0 Å². The first-order valence-corrected chi connectivity index (χ1v) is 7.79. The minimum absolute atomic E-state index is 0.0811. The van der Waals surface area contributed by atoms with Crippen molar-refractivity contribution in [3.05, 3.63) is 0 Å². The Kier molecular flexibility index (Phi) is 5.23. The molecule has 0 N–H and O–H groups in total. The molecule has 0 saturated carbocycles. The molecule has 0 aromatic carbocycles. The number of hydrogen-bond acceptors (Lipinski definition) is 2. The largest absolute Gasteiger partial charge is 0.342 e. The highest BCUT2D eigenvalue weighted by molar-refractivity contribution is 5.89. The maximum Gasteiger partial charge on any atom is 0.227 e. The fourth-order valence-corrected chi connectivity index (χ4v) is 3.05. The van der Waals surface area contributed by atoms with Crippen LogP contribution < -0.4 is 0 Å². The van der Waals surface area contributed by atoms with Gasteiger partial charge in [-0.25, -0.2) is 0 Å². The molecule has 4 heteroatoms. The van der Waals surface area contributed by atoms with Gasteiger partial charge in [0, 0.05) is 32.6 Å². The lowest BCUT2D eigenvalue weighted by molar-refractivity contribution is -0.135. The van der Waals surface area contributed by atoms with Gasteiger partial charge in [0.2, 0.25) is 11.8 Å². The summed E-state index contributed by atoms with van der Waals surface area (Å²) in [5, 5.41) is 0. The number of rotatable bonds is 4. The minimum Gasteiger partial charge on any atom is -0.342 e. The molecule has 0 unspecified atom stereocenters. The van der Waals surface area contributed by atoms with Crippen LogP contribution in [0, 0.1) is 5.92 Å². The predicted molar refractivity (Wildman–Crippen MR) is 74.6 cm³/mol. The van der Waals surface area contributed by atoms with E-state index < -0.39 is 0 Å². The Morgan fingerprint density at radius 3 is 2.53 bits per heavy atom. The molecule has 19 heavy (non-hydrogen) atoms. The zero-order chi connectivity index (χ0) is 13.7. The molecular formula is C15H26N2O2. The van der Waals surface area contributed by atoms with Crippen LogP contribution in [-0.4, -0.2) is 47.8 Å². The van der Waals surface area contributed by atoms with Gasteiger partial charge < -0.3 is 9.80 Å². The second kappa shape index (κ2) is 6.92. The summed E-state index contributed by atoms with van der Waals surface area (Å²) >= 11 is 0. The molecule has 2 heterocycles. The van der Waals surface area contributed by atoms with Gasteiger partial charge in [-0.05, 0) is 19.3 Å². The molecule has 0 aliphatic carbocycles. The quantitative estimate of drug-likeness (QED) is 0.781. The standard InChI is InChI=1S/C15H26N2O2/c1-2-3-8-17-12-13(11-14(17)18)15(19)16-9-6-4-5-7-10-16/h13H,2-12H2,1H3/t13-/m0/s1. The third kappa shape index (κ3) is 3.71. The molecule has 2 aliphatic heterocycles. The fraction of sp³-hybridized carbons (Fsp3) is 0.867. The number of amides is 2. The molecule has 2 amide bonds. The molecular weight excluding hydrogens is 240 g/mol. The summed E-state index contributed by atoms with van der Waals surface area (Å²) in [5.74, 6) is 0.304. The van der Waals surface area contributed by atoms with E-state index >= 15 is 0 Å². The van der Waals surface area contributed by atoms with E-state index in [0.29, 0.717) is 13.0 Å². The summed E-state index contributed by atoms with van der Waals surface area (Å²) in [4.78, 5) is 28.2. The lowest BCUT2D eigenvalue weighted by Gasteiger charge is -2.23. The number of hydrogen-bond donors (Lipinski definition) is 0. The van der Waals surface area contributed by atoms with Gasteiger partial charge in [0.15, 0.2) is 0 Å². The third-order valence-corrected chi connectivity index (χ3v) is 4.26. The fourth-order valence-electron chi connectivity index (χ4n) is 3.05. The highest BCUT2D eigenvalue weighted by Gasteiger charge is 2.36. The van der Waals surface area contributed by atoms with Gasteiger partial charge in [-0.2, -0.15) is 0 Å². The molecule has 2 aliphatic rings. The van der Waals surface area contributed by atoms with Gasteiger partial charge in [-0.3, -0.25) is 9.59 Å². The number of nitrogens with zero attached hydrogens (tertiary/aromatic N) is 2. The molecule has 0 aromatic heterocycles. The van der Waals surface area contributed by atoms with E-state index in [9.17, 15) is 9.59 Å². The van der Waals surface area contributed by atoms with Crippen LogP contribution in [0.25, 0.3) is 0 Å². The number of unbranched alkanes of at least 4 members (excludes halogenated alkanes) is 1. The second-order valence-electron chi connectivity index (χ2n) is 5.83. The van der Waals surface area contributed by atoms with Crippen molar-refractivity contribution in [2.24, 2.45) is 5.92 Å². The Hall–Kier alpha value is -1.06. The van der Waals surface area contributed by atoms with E-state index in [1.165, 1.54) is 12.8 Å². The molecule has 2 fully saturated rings. The smallest absolute Gasteiger partial charge is 0.227 e. The predicted octanol–water partition coefficient (Wildman–Crippen LogP) is 2.04. The van der Waals surface area contributed by atoms with Crippen LogP contribution >= 0.6 is 0 Å². The summed E-state index contributed by atoms with van der Waals surface area (Å²) in [7, 11) is 0. The highest BCUT2D eigenvalue weighted by atomic mass is 16.2. The maximum atomic E-state index is 12.5. The maximum absolute atomic E-state index is 12.5. The van der Waals surface area contributed by atoms with Crippen molar-refractivity contribution in [1.29, 1.82) is 0 Å². The minimum atomic E-state index is -0.0811. The normalized spacial score (nSPS) is 24.7. The number of carbonyl (C=O) groups excluding carboxylic acids is 2. The molecule has 2 rings (SSSR count). The summed E-state index contributed by atoms with van der Waals surface area (Å²) in [5.41, 5.74) is 0. The van der Waals surface area contributed by atoms with Crippen molar-refractivity contribution in [2.75, 3.05) is 26.2 Å². The van der Waals surface area contributed by atoms with Crippen LogP contribution in [-0.2, 0) is 9.59 Å². The highest BCUT2D eigenvalue weighted by Crippen LogP contribution is 2.22. The molecule has 0 aromatic rings. The van der Waals surface area contributed by atoms with E-state index in [2.05, 4.69) is 6.92 Å². The van der Waals surface area contributed by atoms with Crippen molar-refractivity contribution < 1.29 is 9.59 Å². The van der Waals surface area contributed by atoms with Crippen molar-refractivity contribution in [3.8, 4) is 0 Å². The molecule has 1 atom stereocenters. The first-order valence-electron chi connectivity index (χ1n) is 7.79. The monoisotopic (exact) mass is 266 g/mol. The number of carbonyl (C=O) groups is 2. The molecule has 2 saturated heterocycles. The lowest BCUT2D eigenvalue weighted by atomic mass is 10.1. The summed E-state index contributed by atoms with van der Waals surface area (Å²) in [6.07, 6.45) is 7.26. The van der Waals surface area contributed by atoms with E-state index in [0.717, 1.165) is 45.3 Å². The topological polar surface area (TPSA) is 40.6 Å². The van der Waals surface area contributed by atoms with E-state index in [1.807, 2.05) is 9.80 Å². The Balaban J connectivity index is 1.87. The lowest BCUT2D eigenvalue weighted by Crippen LogP contribution is -2.38. The SMILES string of the molecule is CCCCN1C[C@@H](C(=O)N2CCCCCC2)CC1=O. The van der Waals surface area contributed by atoms with Gasteiger partial charge in [0.1, 0.15) is 0 Å². The zero-order valence-corrected chi connectivity index (χ0v) is 12.1. The zero-order valence-electron chi connectivity index (χ0n) is 12.1. The molecule has 0 radical (unpaired) electrons. The third-order valence-electron chi connectivity index (χ3n) is 4.26. The Bertz CT molecular complexity index is 322. The first kappa shape index (κ1) is 14.4. The van der Waals surface area contributed by atoms with E-state index in [4.69, 9.17) is 0 Å². The van der Waals surface area contributed by atoms with Gasteiger partial charge in [-0.15, -0.1) is 0 Å². The Labute approximate surface area is 116 Å².